The second-order valence-electron chi connectivity index (χ2n) is 8.50. The quantitative estimate of drug-likeness (QED) is 0.260. The van der Waals surface area contributed by atoms with Gasteiger partial charge in [0.15, 0.2) is 11.6 Å². The van der Waals surface area contributed by atoms with E-state index >= 15 is 0 Å². The first kappa shape index (κ1) is 25.7. The molecule has 1 amide bonds. The standard InChI is InChI=1S/C29H29BrN2O4/c1-2-17-31-28(34)29(20-21-9-13-24(30)14-10-21)26(22-7-4-3-5-8-22)36-27(32-29)23-11-15-25(16-12-23)35-19-6-18-33/h2-5,7-16,26,33H,1,6,17-20H2,(H,31,34)/t26-,29-/m1/s1. The maximum Gasteiger partial charge on any atom is 0.252 e. The van der Waals surface area contributed by atoms with Crippen molar-refractivity contribution >= 4 is 27.7 Å². The SMILES string of the molecule is C=CCNC(=O)[C@]1(Cc2ccc(Br)cc2)N=C(c2ccc(OCCCO)cc2)O[C@@H]1c1ccccc1. The highest BCUT2D eigenvalue weighted by atomic mass is 79.9. The number of nitrogens with zero attached hydrogens (tertiary/aromatic N) is 1. The number of hydrogen-bond donors (Lipinski definition) is 2. The van der Waals surface area contributed by atoms with Gasteiger partial charge in [-0.3, -0.25) is 4.79 Å². The minimum Gasteiger partial charge on any atom is -0.494 e. The average molecular weight is 549 g/mol. The Labute approximate surface area is 219 Å². The van der Waals surface area contributed by atoms with Crippen LogP contribution < -0.4 is 10.1 Å². The highest BCUT2D eigenvalue weighted by molar-refractivity contribution is 9.10. The van der Waals surface area contributed by atoms with Gasteiger partial charge in [0, 0.05) is 36.0 Å². The van der Waals surface area contributed by atoms with Crippen molar-refractivity contribution in [1.82, 2.24) is 5.32 Å². The number of carbonyl (C=O) groups is 1. The number of aliphatic hydroxyl groups is 1. The fraction of sp³-hybridized carbons (Fsp3) is 0.241. The topological polar surface area (TPSA) is 80.2 Å². The number of benzene rings is 3. The number of carbonyl (C=O) groups excluding carboxylic acids is 1. The minimum atomic E-state index is -1.22. The summed E-state index contributed by atoms with van der Waals surface area (Å²) in [5.74, 6) is 0.866. The molecule has 0 aromatic heterocycles. The average Bonchev–Trinajstić information content (AvgIpc) is 3.30. The Hall–Kier alpha value is -3.42. The Morgan fingerprint density at radius 3 is 2.50 bits per heavy atom. The summed E-state index contributed by atoms with van der Waals surface area (Å²) < 4.78 is 13.1. The second-order valence-corrected chi connectivity index (χ2v) is 9.42. The first-order chi connectivity index (χ1) is 17.6. The van der Waals surface area contributed by atoms with E-state index in [1.165, 1.54) is 0 Å². The third-order valence-corrected chi connectivity index (χ3v) is 6.45. The lowest BCUT2D eigenvalue weighted by Crippen LogP contribution is -2.50. The van der Waals surface area contributed by atoms with Gasteiger partial charge in [-0.25, -0.2) is 4.99 Å². The molecule has 2 atom stereocenters. The van der Waals surface area contributed by atoms with Gasteiger partial charge in [-0.2, -0.15) is 0 Å². The summed E-state index contributed by atoms with van der Waals surface area (Å²) in [5.41, 5.74) is 1.36. The molecule has 4 rings (SSSR count). The zero-order valence-electron chi connectivity index (χ0n) is 19.9. The predicted molar refractivity (Wildman–Crippen MR) is 144 cm³/mol. The minimum absolute atomic E-state index is 0.0813. The van der Waals surface area contributed by atoms with Crippen molar-refractivity contribution in [3.8, 4) is 5.75 Å². The molecule has 1 heterocycles. The second kappa shape index (κ2) is 12.0. The van der Waals surface area contributed by atoms with Crippen LogP contribution in [-0.2, 0) is 16.0 Å². The summed E-state index contributed by atoms with van der Waals surface area (Å²) in [6.07, 6.45) is 1.95. The van der Waals surface area contributed by atoms with Gasteiger partial charge in [-0.1, -0.05) is 64.5 Å². The molecule has 0 saturated carbocycles. The molecule has 6 nitrogen and oxygen atoms in total. The van der Waals surface area contributed by atoms with Crippen LogP contribution in [0.25, 0.3) is 0 Å². The lowest BCUT2D eigenvalue weighted by Gasteiger charge is -2.30. The predicted octanol–water partition coefficient (Wildman–Crippen LogP) is 5.01. The van der Waals surface area contributed by atoms with Crippen LogP contribution in [0.15, 0.2) is 101 Å². The van der Waals surface area contributed by atoms with Crippen LogP contribution >= 0.6 is 15.9 Å². The highest BCUT2D eigenvalue weighted by Gasteiger charge is 2.53. The van der Waals surface area contributed by atoms with Crippen LogP contribution in [0.5, 0.6) is 5.75 Å². The Bertz CT molecular complexity index is 1200. The van der Waals surface area contributed by atoms with Crippen molar-refractivity contribution in [2.24, 2.45) is 4.99 Å². The third kappa shape index (κ3) is 5.86. The number of nitrogens with one attached hydrogen (secondary N) is 1. The van der Waals surface area contributed by atoms with Crippen LogP contribution in [0.2, 0.25) is 0 Å². The van der Waals surface area contributed by atoms with Gasteiger partial charge < -0.3 is 19.9 Å². The molecular weight excluding hydrogens is 520 g/mol. The largest absolute Gasteiger partial charge is 0.494 e. The molecule has 0 aliphatic carbocycles. The van der Waals surface area contributed by atoms with Gasteiger partial charge in [0.2, 0.25) is 5.90 Å². The number of ether oxygens (including phenoxy) is 2. The van der Waals surface area contributed by atoms with Crippen LogP contribution in [0, 0.1) is 0 Å². The fourth-order valence-electron chi connectivity index (χ4n) is 4.14. The maximum absolute atomic E-state index is 13.8. The fourth-order valence-corrected chi connectivity index (χ4v) is 4.41. The molecule has 0 bridgehead atoms. The molecule has 1 aliphatic heterocycles. The van der Waals surface area contributed by atoms with E-state index in [-0.39, 0.29) is 12.5 Å². The molecule has 36 heavy (non-hydrogen) atoms. The lowest BCUT2D eigenvalue weighted by molar-refractivity contribution is -0.128. The van der Waals surface area contributed by atoms with E-state index in [0.29, 0.717) is 37.6 Å². The summed E-state index contributed by atoms with van der Waals surface area (Å²) in [6, 6.07) is 25.0. The van der Waals surface area contributed by atoms with Crippen LogP contribution in [0.4, 0.5) is 0 Å². The summed E-state index contributed by atoms with van der Waals surface area (Å²) in [7, 11) is 0. The first-order valence-corrected chi connectivity index (χ1v) is 12.6. The highest BCUT2D eigenvalue weighted by Crippen LogP contribution is 2.42. The van der Waals surface area contributed by atoms with E-state index < -0.39 is 11.6 Å². The number of rotatable bonds is 11. The van der Waals surface area contributed by atoms with Gasteiger partial charge in [0.1, 0.15) is 5.75 Å². The molecular formula is C29H29BrN2O4. The van der Waals surface area contributed by atoms with Crippen molar-refractivity contribution in [2.45, 2.75) is 24.5 Å². The molecule has 7 heteroatoms. The first-order valence-electron chi connectivity index (χ1n) is 11.8. The van der Waals surface area contributed by atoms with Gasteiger partial charge in [0.25, 0.3) is 5.91 Å². The summed E-state index contributed by atoms with van der Waals surface area (Å²) in [5, 5.41) is 11.9. The van der Waals surface area contributed by atoms with Crippen molar-refractivity contribution in [3.63, 3.8) is 0 Å². The normalized spacial score (nSPS) is 18.7. The van der Waals surface area contributed by atoms with Crippen molar-refractivity contribution in [1.29, 1.82) is 0 Å². The Morgan fingerprint density at radius 1 is 1.11 bits per heavy atom. The zero-order chi connectivity index (χ0) is 25.4. The van der Waals surface area contributed by atoms with E-state index in [2.05, 4.69) is 27.8 Å². The third-order valence-electron chi connectivity index (χ3n) is 5.93. The van der Waals surface area contributed by atoms with Crippen molar-refractivity contribution in [2.75, 3.05) is 19.8 Å². The zero-order valence-corrected chi connectivity index (χ0v) is 21.5. The molecule has 186 valence electrons. The summed E-state index contributed by atoms with van der Waals surface area (Å²) in [4.78, 5) is 18.7. The van der Waals surface area contributed by atoms with E-state index in [4.69, 9.17) is 19.6 Å². The molecule has 3 aromatic rings. The monoisotopic (exact) mass is 548 g/mol. The molecule has 0 radical (unpaired) electrons. The summed E-state index contributed by atoms with van der Waals surface area (Å²) in [6.45, 7) is 4.58. The van der Waals surface area contributed by atoms with Crippen LogP contribution in [0.1, 0.15) is 29.2 Å². The molecule has 0 unspecified atom stereocenters. The number of halogens is 1. The van der Waals surface area contributed by atoms with Crippen LogP contribution in [-0.4, -0.2) is 42.2 Å². The van der Waals surface area contributed by atoms with Crippen molar-refractivity contribution in [3.05, 3.63) is 113 Å². The molecule has 1 aliphatic rings. The van der Waals surface area contributed by atoms with Gasteiger partial charge in [-0.05, 0) is 47.5 Å². The Kier molecular flexibility index (Phi) is 8.57. The lowest BCUT2D eigenvalue weighted by atomic mass is 9.82. The Balaban J connectivity index is 1.75. The number of aliphatic hydroxyl groups excluding tert-OH is 1. The number of amides is 1. The van der Waals surface area contributed by atoms with E-state index in [1.54, 1.807) is 6.08 Å². The van der Waals surface area contributed by atoms with Crippen molar-refractivity contribution < 1.29 is 19.4 Å². The van der Waals surface area contributed by atoms with E-state index in [1.807, 2.05) is 78.9 Å². The van der Waals surface area contributed by atoms with E-state index in [9.17, 15) is 4.79 Å². The molecule has 3 aromatic carbocycles. The molecule has 0 saturated heterocycles. The molecule has 0 fully saturated rings. The summed E-state index contributed by atoms with van der Waals surface area (Å²) >= 11 is 3.48. The number of aliphatic imine (C=N–C) groups is 1. The molecule has 2 N–H and O–H groups in total. The Morgan fingerprint density at radius 2 is 1.83 bits per heavy atom. The van der Waals surface area contributed by atoms with E-state index in [0.717, 1.165) is 21.2 Å². The molecule has 0 spiro atoms. The van der Waals surface area contributed by atoms with Crippen LogP contribution in [0.3, 0.4) is 0 Å². The number of hydrogen-bond acceptors (Lipinski definition) is 5. The van der Waals surface area contributed by atoms with Gasteiger partial charge in [0.05, 0.1) is 6.61 Å². The smallest absolute Gasteiger partial charge is 0.252 e. The maximum atomic E-state index is 13.8. The van der Waals surface area contributed by atoms with Gasteiger partial charge in [-0.15, -0.1) is 6.58 Å². The van der Waals surface area contributed by atoms with Gasteiger partial charge >= 0.3 is 0 Å².